The van der Waals surface area contributed by atoms with Crippen LogP contribution in [0.3, 0.4) is 0 Å². The Morgan fingerprint density at radius 2 is 1.62 bits per heavy atom. The molecule has 0 aliphatic heterocycles. The van der Waals surface area contributed by atoms with Crippen molar-refractivity contribution in [3.63, 3.8) is 0 Å². The van der Waals surface area contributed by atoms with Crippen molar-refractivity contribution in [3.8, 4) is 17.0 Å². The molecule has 0 spiro atoms. The van der Waals surface area contributed by atoms with Crippen LogP contribution >= 0.6 is 11.6 Å². The molecule has 0 aliphatic carbocycles. The molecule has 0 fully saturated rings. The van der Waals surface area contributed by atoms with Crippen molar-refractivity contribution in [2.24, 2.45) is 5.41 Å². The maximum absolute atomic E-state index is 10.9. The molecule has 0 aliphatic rings. The van der Waals surface area contributed by atoms with Crippen LogP contribution in [0.1, 0.15) is 72.1 Å². The largest absolute Gasteiger partial charge is 0.506 e. The van der Waals surface area contributed by atoms with Gasteiger partial charge in [0.15, 0.2) is 0 Å². The minimum absolute atomic E-state index is 0.151. The van der Waals surface area contributed by atoms with Gasteiger partial charge in [0.1, 0.15) is 5.75 Å². The topological polar surface area (TPSA) is 33.1 Å². The molecule has 0 saturated heterocycles. The third kappa shape index (κ3) is 5.23. The van der Waals surface area contributed by atoms with Gasteiger partial charge in [-0.25, -0.2) is 4.98 Å². The highest BCUT2D eigenvalue weighted by Crippen LogP contribution is 2.37. The van der Waals surface area contributed by atoms with E-state index in [0.717, 1.165) is 35.4 Å². The van der Waals surface area contributed by atoms with Crippen molar-refractivity contribution in [2.75, 3.05) is 0 Å². The van der Waals surface area contributed by atoms with Gasteiger partial charge < -0.3 is 5.11 Å². The third-order valence-corrected chi connectivity index (χ3v) is 5.23. The van der Waals surface area contributed by atoms with Gasteiger partial charge in [-0.1, -0.05) is 71.7 Å². The first-order chi connectivity index (χ1) is 12.0. The summed E-state index contributed by atoms with van der Waals surface area (Å²) in [5.41, 5.74) is 3.76. The first-order valence-corrected chi connectivity index (χ1v) is 9.90. The Morgan fingerprint density at radius 3 is 2.15 bits per heavy atom. The molecule has 0 amide bonds. The number of hydrogen-bond acceptors (Lipinski definition) is 2. The highest BCUT2D eigenvalue weighted by atomic mass is 35.5. The summed E-state index contributed by atoms with van der Waals surface area (Å²) < 4.78 is 0. The van der Waals surface area contributed by atoms with Gasteiger partial charge in [0, 0.05) is 16.1 Å². The Hall–Kier alpha value is -1.54. The fourth-order valence-electron chi connectivity index (χ4n) is 3.36. The molecule has 0 bridgehead atoms. The van der Waals surface area contributed by atoms with E-state index in [0.29, 0.717) is 10.8 Å². The van der Waals surface area contributed by atoms with Crippen molar-refractivity contribution >= 4 is 11.6 Å². The molecule has 1 aromatic heterocycles. The Labute approximate surface area is 163 Å². The maximum Gasteiger partial charge on any atom is 0.140 e. The lowest BCUT2D eigenvalue weighted by Gasteiger charge is -2.26. The lowest BCUT2D eigenvalue weighted by Crippen LogP contribution is -2.15. The Kier molecular flexibility index (Phi) is 6.39. The van der Waals surface area contributed by atoms with Crippen molar-refractivity contribution < 1.29 is 5.11 Å². The first kappa shape index (κ1) is 20.8. The van der Waals surface area contributed by atoms with Crippen molar-refractivity contribution in [1.82, 2.24) is 4.98 Å². The predicted molar refractivity (Wildman–Crippen MR) is 112 cm³/mol. The maximum atomic E-state index is 10.9. The normalized spacial score (nSPS) is 12.4. The monoisotopic (exact) mass is 373 g/mol. The average Bonchev–Trinajstić information content (AvgIpc) is 2.53. The van der Waals surface area contributed by atoms with Crippen molar-refractivity contribution in [2.45, 2.75) is 72.6 Å². The molecule has 0 atom stereocenters. The van der Waals surface area contributed by atoms with E-state index in [1.165, 1.54) is 12.8 Å². The van der Waals surface area contributed by atoms with Crippen molar-refractivity contribution in [3.05, 3.63) is 46.6 Å². The number of aromatic hydroxyl groups is 1. The Bertz CT molecular complexity index is 742. The molecule has 2 rings (SSSR count). The summed E-state index contributed by atoms with van der Waals surface area (Å²) >= 11 is 6.03. The molecular weight excluding hydrogens is 342 g/mol. The number of nitrogens with zero attached hydrogens (tertiary/aromatic N) is 1. The van der Waals surface area contributed by atoms with Gasteiger partial charge in [-0.05, 0) is 48.3 Å². The van der Waals surface area contributed by atoms with Crippen LogP contribution in [0.5, 0.6) is 5.75 Å². The second-order valence-electron chi connectivity index (χ2n) is 9.02. The van der Waals surface area contributed by atoms with Gasteiger partial charge >= 0.3 is 0 Å². The number of hydrogen-bond donors (Lipinski definition) is 1. The van der Waals surface area contributed by atoms with Crippen LogP contribution in [0.25, 0.3) is 11.3 Å². The minimum Gasteiger partial charge on any atom is -0.506 e. The van der Waals surface area contributed by atoms with Gasteiger partial charge in [-0.3, -0.25) is 0 Å². The third-order valence-electron chi connectivity index (χ3n) is 4.98. The fourth-order valence-corrected chi connectivity index (χ4v) is 3.49. The molecule has 0 unspecified atom stereocenters. The highest BCUT2D eigenvalue weighted by molar-refractivity contribution is 6.30. The Morgan fingerprint density at radius 1 is 1.00 bits per heavy atom. The molecule has 2 nitrogen and oxygen atoms in total. The van der Waals surface area contributed by atoms with Gasteiger partial charge in [0.2, 0.25) is 0 Å². The summed E-state index contributed by atoms with van der Waals surface area (Å²) in [5, 5.41) is 11.6. The molecule has 1 aromatic carbocycles. The number of aromatic nitrogens is 1. The van der Waals surface area contributed by atoms with E-state index in [1.54, 1.807) is 0 Å². The lowest BCUT2D eigenvalue weighted by atomic mass is 9.81. The van der Waals surface area contributed by atoms with E-state index in [9.17, 15) is 5.11 Å². The van der Waals surface area contributed by atoms with E-state index in [-0.39, 0.29) is 10.8 Å². The number of benzene rings is 1. The van der Waals surface area contributed by atoms with Crippen LogP contribution in [0.15, 0.2) is 30.3 Å². The summed E-state index contributed by atoms with van der Waals surface area (Å²) in [6.45, 7) is 13.2. The smallest absolute Gasteiger partial charge is 0.140 e. The second kappa shape index (κ2) is 8.00. The van der Waals surface area contributed by atoms with Crippen molar-refractivity contribution in [1.29, 1.82) is 0 Å². The quantitative estimate of drug-likeness (QED) is 0.582. The highest BCUT2D eigenvalue weighted by Gasteiger charge is 2.24. The number of rotatable bonds is 6. The van der Waals surface area contributed by atoms with E-state index in [4.69, 9.17) is 16.6 Å². The van der Waals surface area contributed by atoms with Crippen LogP contribution < -0.4 is 0 Å². The number of pyridine rings is 1. The summed E-state index contributed by atoms with van der Waals surface area (Å²) in [7, 11) is 0. The summed E-state index contributed by atoms with van der Waals surface area (Å²) in [6.07, 6.45) is 4.14. The number of halogens is 1. The fraction of sp³-hybridized carbons (Fsp3) is 0.522. The van der Waals surface area contributed by atoms with E-state index >= 15 is 0 Å². The van der Waals surface area contributed by atoms with Gasteiger partial charge in [-0.2, -0.15) is 0 Å². The average molecular weight is 374 g/mol. The summed E-state index contributed by atoms with van der Waals surface area (Å²) in [6, 6.07) is 9.75. The molecule has 3 heteroatoms. The zero-order chi connectivity index (χ0) is 19.5. The number of aryl methyl sites for hydroxylation is 1. The van der Waals surface area contributed by atoms with Crippen LogP contribution in [0.2, 0.25) is 5.02 Å². The molecule has 142 valence electrons. The van der Waals surface area contributed by atoms with Crippen LogP contribution in [0.4, 0.5) is 0 Å². The molecule has 1 N–H and O–H groups in total. The molecule has 2 aromatic rings. The van der Waals surface area contributed by atoms with Gasteiger partial charge in [0.05, 0.1) is 11.4 Å². The molecule has 26 heavy (non-hydrogen) atoms. The van der Waals surface area contributed by atoms with E-state index < -0.39 is 0 Å². The standard InChI is InChI=1S/C23H32ClNO/c1-7-13-23(5,6)14-12-19-21(26)18(22(2,3)4)15-20(25-19)16-8-10-17(24)11-9-16/h8-11,15,26H,7,12-14H2,1-6H3. The zero-order valence-electron chi connectivity index (χ0n) is 17.0. The van der Waals surface area contributed by atoms with Crippen LogP contribution in [-0.4, -0.2) is 10.1 Å². The molecule has 1 heterocycles. The van der Waals surface area contributed by atoms with Crippen LogP contribution in [-0.2, 0) is 11.8 Å². The lowest BCUT2D eigenvalue weighted by molar-refractivity contribution is 0.301. The van der Waals surface area contributed by atoms with Gasteiger partial charge in [-0.15, -0.1) is 0 Å². The zero-order valence-corrected chi connectivity index (χ0v) is 17.7. The predicted octanol–water partition coefficient (Wildman–Crippen LogP) is 7.16. The second-order valence-corrected chi connectivity index (χ2v) is 9.46. The van der Waals surface area contributed by atoms with E-state index in [2.05, 4.69) is 41.5 Å². The summed E-state index contributed by atoms with van der Waals surface area (Å²) in [5.74, 6) is 0.350. The molecular formula is C23H32ClNO. The van der Waals surface area contributed by atoms with E-state index in [1.807, 2.05) is 30.3 Å². The van der Waals surface area contributed by atoms with Crippen LogP contribution in [0, 0.1) is 5.41 Å². The first-order valence-electron chi connectivity index (χ1n) is 9.53. The molecule has 0 saturated carbocycles. The minimum atomic E-state index is -0.151. The Balaban J connectivity index is 2.46. The van der Waals surface area contributed by atoms with Gasteiger partial charge in [0.25, 0.3) is 0 Å². The molecule has 0 radical (unpaired) electrons. The SMILES string of the molecule is CCCC(C)(C)CCc1nc(-c2ccc(Cl)cc2)cc(C(C)(C)C)c1O. The summed E-state index contributed by atoms with van der Waals surface area (Å²) in [4.78, 5) is 4.82.